The Labute approximate surface area is 166 Å². The summed E-state index contributed by atoms with van der Waals surface area (Å²) >= 11 is 0. The fourth-order valence-electron chi connectivity index (χ4n) is 3.54. The number of hydrogen-bond acceptors (Lipinski definition) is 6. The van der Waals surface area contributed by atoms with Crippen LogP contribution in [-0.2, 0) is 10.0 Å². The first-order chi connectivity index (χ1) is 13.8. The van der Waals surface area contributed by atoms with E-state index in [1.807, 2.05) is 11.0 Å². The molecule has 4 rings (SSSR count). The normalized spacial score (nSPS) is 17.9. The quantitative estimate of drug-likeness (QED) is 0.678. The average Bonchev–Trinajstić information content (AvgIpc) is 3.10. The van der Waals surface area contributed by atoms with Gasteiger partial charge in [0.05, 0.1) is 18.1 Å². The number of nitrogens with one attached hydrogen (secondary N) is 1. The third-order valence-electron chi connectivity index (χ3n) is 4.77. The molecule has 3 aromatic rings. The number of anilines is 1. The van der Waals surface area contributed by atoms with Crippen LogP contribution in [0.25, 0.3) is 16.9 Å². The molecular weight excluding hydrogens is 402 g/mol. The standard InChI is InChI=1S/C18H20F2N6O2S/c1-29(27,28)24-13-3-2-8-25(11-13)17-9-12(6-7-21-17)15-10-22-16-5-4-14(18(19)20)23-26(15)16/h4-7,9-10,13,18,24H,2-3,8,11H2,1H3. The van der Waals surface area contributed by atoms with Crippen molar-refractivity contribution in [2.45, 2.75) is 25.3 Å². The maximum Gasteiger partial charge on any atom is 0.282 e. The van der Waals surface area contributed by atoms with Crippen LogP contribution < -0.4 is 9.62 Å². The first-order valence-electron chi connectivity index (χ1n) is 9.12. The van der Waals surface area contributed by atoms with Gasteiger partial charge in [-0.3, -0.25) is 0 Å². The summed E-state index contributed by atoms with van der Waals surface area (Å²) in [5, 5.41) is 4.00. The van der Waals surface area contributed by atoms with Gasteiger partial charge >= 0.3 is 0 Å². The molecule has 0 radical (unpaired) electrons. The molecule has 1 aliphatic rings. The fraction of sp³-hybridized carbons (Fsp3) is 0.389. The predicted octanol–water partition coefficient (Wildman–Crippen LogP) is 2.25. The summed E-state index contributed by atoms with van der Waals surface area (Å²) in [4.78, 5) is 10.7. The Balaban J connectivity index is 1.64. The second kappa shape index (κ2) is 7.64. The van der Waals surface area contributed by atoms with Crippen molar-refractivity contribution >= 4 is 21.5 Å². The zero-order chi connectivity index (χ0) is 20.6. The molecule has 0 saturated carbocycles. The summed E-state index contributed by atoms with van der Waals surface area (Å²) in [6, 6.07) is 6.18. The lowest BCUT2D eigenvalue weighted by molar-refractivity contribution is 0.144. The Kier molecular flexibility index (Phi) is 5.17. The maximum atomic E-state index is 13.0. The van der Waals surface area contributed by atoms with Crippen LogP contribution >= 0.6 is 0 Å². The first kappa shape index (κ1) is 19.6. The molecular formula is C18H20F2N6O2S. The fourth-order valence-corrected chi connectivity index (χ4v) is 4.33. The van der Waals surface area contributed by atoms with Gasteiger partial charge in [-0.1, -0.05) is 0 Å². The molecule has 1 atom stereocenters. The van der Waals surface area contributed by atoms with Crippen molar-refractivity contribution in [3.8, 4) is 11.3 Å². The Morgan fingerprint density at radius 3 is 2.83 bits per heavy atom. The van der Waals surface area contributed by atoms with Crippen LogP contribution in [0.15, 0.2) is 36.7 Å². The minimum atomic E-state index is -3.29. The van der Waals surface area contributed by atoms with Crippen molar-refractivity contribution in [2.75, 3.05) is 24.2 Å². The molecule has 3 aromatic heterocycles. The molecule has 1 N–H and O–H groups in total. The van der Waals surface area contributed by atoms with Gasteiger partial charge in [-0.2, -0.15) is 5.10 Å². The number of hydrogen-bond donors (Lipinski definition) is 1. The van der Waals surface area contributed by atoms with Crippen molar-refractivity contribution < 1.29 is 17.2 Å². The third-order valence-corrected chi connectivity index (χ3v) is 5.54. The van der Waals surface area contributed by atoms with Crippen molar-refractivity contribution in [3.05, 3.63) is 42.4 Å². The Hall–Kier alpha value is -2.66. The number of nitrogens with zero attached hydrogens (tertiary/aromatic N) is 5. The van der Waals surface area contributed by atoms with Gasteiger partial charge in [0.2, 0.25) is 10.0 Å². The topological polar surface area (TPSA) is 92.5 Å². The minimum absolute atomic E-state index is 0.185. The van der Waals surface area contributed by atoms with Crippen LogP contribution in [-0.4, -0.2) is 53.4 Å². The second-order valence-electron chi connectivity index (χ2n) is 7.05. The number of halogens is 2. The highest BCUT2D eigenvalue weighted by Gasteiger charge is 2.23. The van der Waals surface area contributed by atoms with Gasteiger partial charge in [0, 0.05) is 30.9 Å². The minimum Gasteiger partial charge on any atom is -0.355 e. The number of fused-ring (bicyclic) bond motifs is 1. The summed E-state index contributed by atoms with van der Waals surface area (Å²) in [5.74, 6) is 0.683. The van der Waals surface area contributed by atoms with E-state index in [0.717, 1.165) is 31.2 Å². The number of pyridine rings is 1. The van der Waals surface area contributed by atoms with E-state index in [1.54, 1.807) is 18.5 Å². The molecule has 0 bridgehead atoms. The summed E-state index contributed by atoms with van der Waals surface area (Å²) in [6.45, 7) is 1.25. The van der Waals surface area contributed by atoms with E-state index in [4.69, 9.17) is 0 Å². The molecule has 1 unspecified atom stereocenters. The largest absolute Gasteiger partial charge is 0.355 e. The number of sulfonamides is 1. The molecule has 1 fully saturated rings. The summed E-state index contributed by atoms with van der Waals surface area (Å²) in [7, 11) is -3.29. The predicted molar refractivity (Wildman–Crippen MR) is 104 cm³/mol. The number of imidazole rings is 1. The summed E-state index contributed by atoms with van der Waals surface area (Å²) < 4.78 is 53.2. The van der Waals surface area contributed by atoms with Crippen molar-refractivity contribution in [3.63, 3.8) is 0 Å². The van der Waals surface area contributed by atoms with E-state index in [1.165, 1.54) is 16.6 Å². The van der Waals surface area contributed by atoms with Gasteiger partial charge in [0.1, 0.15) is 11.5 Å². The number of aromatic nitrogens is 4. The molecule has 1 saturated heterocycles. The molecule has 0 amide bonds. The number of alkyl halides is 2. The van der Waals surface area contributed by atoms with E-state index >= 15 is 0 Å². The van der Waals surface area contributed by atoms with E-state index in [-0.39, 0.29) is 11.7 Å². The Morgan fingerprint density at radius 1 is 1.24 bits per heavy atom. The third kappa shape index (κ3) is 4.35. The van der Waals surface area contributed by atoms with Crippen LogP contribution in [0.5, 0.6) is 0 Å². The van der Waals surface area contributed by atoms with Crippen LogP contribution in [0.3, 0.4) is 0 Å². The molecule has 11 heteroatoms. The first-order valence-corrected chi connectivity index (χ1v) is 11.0. The zero-order valence-corrected chi connectivity index (χ0v) is 16.5. The monoisotopic (exact) mass is 422 g/mol. The summed E-state index contributed by atoms with van der Waals surface area (Å²) in [5.41, 5.74) is 1.46. The van der Waals surface area contributed by atoms with Crippen LogP contribution in [0.4, 0.5) is 14.6 Å². The number of rotatable bonds is 5. The summed E-state index contributed by atoms with van der Waals surface area (Å²) in [6.07, 6.45) is 3.28. The van der Waals surface area contributed by atoms with Crippen LogP contribution in [0.1, 0.15) is 25.0 Å². The van der Waals surface area contributed by atoms with Gasteiger partial charge in [-0.15, -0.1) is 0 Å². The van der Waals surface area contributed by atoms with Gasteiger partial charge < -0.3 is 4.90 Å². The van der Waals surface area contributed by atoms with Crippen LogP contribution in [0.2, 0.25) is 0 Å². The zero-order valence-electron chi connectivity index (χ0n) is 15.7. The maximum absolute atomic E-state index is 13.0. The Bertz CT molecular complexity index is 1130. The molecule has 0 spiro atoms. The molecule has 0 aliphatic carbocycles. The van der Waals surface area contributed by atoms with E-state index < -0.39 is 16.4 Å². The lowest BCUT2D eigenvalue weighted by atomic mass is 10.1. The van der Waals surface area contributed by atoms with Crippen molar-refractivity contribution in [1.29, 1.82) is 0 Å². The van der Waals surface area contributed by atoms with Gasteiger partial charge in [-0.05, 0) is 37.1 Å². The molecule has 4 heterocycles. The SMILES string of the molecule is CS(=O)(=O)NC1CCCN(c2cc(-c3cnc4ccc(C(F)F)nn34)ccn2)C1. The molecule has 8 nitrogen and oxygen atoms in total. The highest BCUT2D eigenvalue weighted by atomic mass is 32.2. The lowest BCUT2D eigenvalue weighted by Gasteiger charge is -2.33. The average molecular weight is 422 g/mol. The van der Waals surface area contributed by atoms with Gasteiger partial charge in [-0.25, -0.2) is 36.4 Å². The molecule has 1 aliphatic heterocycles. The van der Waals surface area contributed by atoms with Crippen LogP contribution in [0, 0.1) is 0 Å². The van der Waals surface area contributed by atoms with Gasteiger partial charge in [0.15, 0.2) is 5.65 Å². The molecule has 29 heavy (non-hydrogen) atoms. The highest BCUT2D eigenvalue weighted by Crippen LogP contribution is 2.26. The van der Waals surface area contributed by atoms with E-state index in [9.17, 15) is 17.2 Å². The van der Waals surface area contributed by atoms with Gasteiger partial charge in [0.25, 0.3) is 6.43 Å². The van der Waals surface area contributed by atoms with Crippen molar-refractivity contribution in [2.24, 2.45) is 0 Å². The molecule has 154 valence electrons. The van der Waals surface area contributed by atoms with Crippen molar-refractivity contribution in [1.82, 2.24) is 24.3 Å². The van der Waals surface area contributed by atoms with E-state index in [2.05, 4.69) is 19.8 Å². The smallest absolute Gasteiger partial charge is 0.282 e. The Morgan fingerprint density at radius 2 is 2.07 bits per heavy atom. The number of piperidine rings is 1. The highest BCUT2D eigenvalue weighted by molar-refractivity contribution is 7.88. The molecule has 0 aromatic carbocycles. The van der Waals surface area contributed by atoms with E-state index in [0.29, 0.717) is 23.7 Å². The lowest BCUT2D eigenvalue weighted by Crippen LogP contribution is -2.47. The second-order valence-corrected chi connectivity index (χ2v) is 8.83.